The second kappa shape index (κ2) is 8.55. The molecule has 70 valence electrons. The minimum Gasteiger partial charge on any atom is -0.313 e. The Morgan fingerprint density at radius 1 is 1.42 bits per heavy atom. The number of nitrogens with one attached hydrogen (secondary N) is 1. The average Bonchev–Trinajstić information content (AvgIpc) is 2.11. The Kier molecular flexibility index (Phi) is 8.15. The van der Waals surface area contributed by atoms with Crippen LogP contribution in [0.4, 0.5) is 0 Å². The zero-order valence-electron chi connectivity index (χ0n) is 8.27. The van der Waals surface area contributed by atoms with Crippen LogP contribution in [-0.4, -0.2) is 12.6 Å². The van der Waals surface area contributed by atoms with Crippen molar-refractivity contribution in [2.24, 2.45) is 0 Å². The van der Waals surface area contributed by atoms with Crippen LogP contribution in [-0.2, 0) is 0 Å². The smallest absolute Gasteiger partial charge is 0.0635 e. The van der Waals surface area contributed by atoms with Gasteiger partial charge in [0.05, 0.1) is 6.07 Å². The summed E-state index contributed by atoms with van der Waals surface area (Å²) >= 11 is 0. The van der Waals surface area contributed by atoms with E-state index >= 15 is 0 Å². The third kappa shape index (κ3) is 6.18. The van der Waals surface area contributed by atoms with Crippen molar-refractivity contribution < 1.29 is 0 Å². The van der Waals surface area contributed by atoms with E-state index in [4.69, 9.17) is 5.26 Å². The quantitative estimate of drug-likeness (QED) is 0.593. The maximum atomic E-state index is 8.34. The van der Waals surface area contributed by atoms with E-state index in [1.54, 1.807) is 0 Å². The summed E-state index contributed by atoms with van der Waals surface area (Å²) in [6.45, 7) is 5.25. The van der Waals surface area contributed by atoms with Crippen molar-refractivity contribution in [2.75, 3.05) is 6.54 Å². The maximum absolute atomic E-state index is 8.34. The molecule has 1 atom stereocenters. The van der Waals surface area contributed by atoms with Gasteiger partial charge >= 0.3 is 0 Å². The Balaban J connectivity index is 3.34. The van der Waals surface area contributed by atoms with Gasteiger partial charge in [0.25, 0.3) is 0 Å². The topological polar surface area (TPSA) is 35.8 Å². The minimum absolute atomic E-state index is 0.623. The lowest BCUT2D eigenvalue weighted by Crippen LogP contribution is -2.29. The molecule has 0 saturated heterocycles. The molecule has 0 bridgehead atoms. The zero-order valence-corrected chi connectivity index (χ0v) is 8.27. The second-order valence-electron chi connectivity index (χ2n) is 3.11. The molecule has 0 aliphatic heterocycles. The monoisotopic (exact) mass is 168 g/mol. The van der Waals surface area contributed by atoms with Crippen LogP contribution in [0.3, 0.4) is 0 Å². The third-order valence-electron chi connectivity index (χ3n) is 2.07. The van der Waals surface area contributed by atoms with Crippen molar-refractivity contribution >= 4 is 0 Å². The lowest BCUT2D eigenvalue weighted by Gasteiger charge is -2.14. The highest BCUT2D eigenvalue weighted by Crippen LogP contribution is 2.03. The molecule has 0 heterocycles. The van der Waals surface area contributed by atoms with Gasteiger partial charge in [-0.1, -0.05) is 26.7 Å². The van der Waals surface area contributed by atoms with Gasteiger partial charge in [0, 0.05) is 19.0 Å². The summed E-state index contributed by atoms with van der Waals surface area (Å²) in [4.78, 5) is 0. The largest absolute Gasteiger partial charge is 0.313 e. The first kappa shape index (κ1) is 11.4. The molecule has 0 radical (unpaired) electrons. The van der Waals surface area contributed by atoms with Gasteiger partial charge in [0.2, 0.25) is 0 Å². The van der Waals surface area contributed by atoms with E-state index in [1.165, 1.54) is 25.7 Å². The zero-order chi connectivity index (χ0) is 9.23. The van der Waals surface area contributed by atoms with E-state index in [-0.39, 0.29) is 0 Å². The number of unbranched alkanes of at least 4 members (excludes halogenated alkanes) is 1. The van der Waals surface area contributed by atoms with Crippen LogP contribution >= 0.6 is 0 Å². The van der Waals surface area contributed by atoms with Crippen molar-refractivity contribution in [3.8, 4) is 6.07 Å². The van der Waals surface area contributed by atoms with Crippen molar-refractivity contribution in [1.82, 2.24) is 5.32 Å². The van der Waals surface area contributed by atoms with Gasteiger partial charge in [0.1, 0.15) is 0 Å². The number of nitriles is 1. The Bertz CT molecular complexity index is 126. The van der Waals surface area contributed by atoms with Gasteiger partial charge in [-0.3, -0.25) is 0 Å². The van der Waals surface area contributed by atoms with Gasteiger partial charge in [-0.15, -0.1) is 0 Å². The molecule has 1 unspecified atom stereocenters. The summed E-state index contributed by atoms with van der Waals surface area (Å²) in [5.74, 6) is 0. The maximum Gasteiger partial charge on any atom is 0.0635 e. The second-order valence-corrected chi connectivity index (χ2v) is 3.11. The number of rotatable bonds is 7. The van der Waals surface area contributed by atoms with E-state index in [2.05, 4.69) is 25.2 Å². The van der Waals surface area contributed by atoms with Gasteiger partial charge in [-0.25, -0.2) is 0 Å². The normalized spacial score (nSPS) is 12.4. The van der Waals surface area contributed by atoms with Crippen LogP contribution in [0.1, 0.15) is 46.0 Å². The number of hydrogen-bond acceptors (Lipinski definition) is 2. The molecule has 0 aromatic heterocycles. The van der Waals surface area contributed by atoms with Crippen LogP contribution in [0.5, 0.6) is 0 Å². The molecule has 0 saturated carbocycles. The Morgan fingerprint density at radius 3 is 2.67 bits per heavy atom. The first-order valence-corrected chi connectivity index (χ1v) is 4.95. The molecule has 0 fully saturated rings. The van der Waals surface area contributed by atoms with Crippen LogP contribution in [0, 0.1) is 11.3 Å². The van der Waals surface area contributed by atoms with Crippen molar-refractivity contribution in [3.63, 3.8) is 0 Å². The molecule has 2 heteroatoms. The molecular formula is C10H20N2. The molecule has 0 aliphatic rings. The summed E-state index contributed by atoms with van der Waals surface area (Å²) in [6.07, 6.45) is 5.60. The highest BCUT2D eigenvalue weighted by Gasteiger charge is 2.02. The van der Waals surface area contributed by atoms with Crippen molar-refractivity contribution in [2.45, 2.75) is 52.0 Å². The Hall–Kier alpha value is -0.550. The molecule has 0 aromatic carbocycles. The number of hydrogen-bond donors (Lipinski definition) is 1. The predicted molar refractivity (Wildman–Crippen MR) is 51.8 cm³/mol. The van der Waals surface area contributed by atoms with Crippen LogP contribution in [0.25, 0.3) is 0 Å². The average molecular weight is 168 g/mol. The third-order valence-corrected chi connectivity index (χ3v) is 2.07. The lowest BCUT2D eigenvalue weighted by atomic mass is 10.1. The van der Waals surface area contributed by atoms with E-state index in [9.17, 15) is 0 Å². The molecule has 12 heavy (non-hydrogen) atoms. The van der Waals surface area contributed by atoms with E-state index < -0.39 is 0 Å². The Morgan fingerprint density at radius 2 is 2.17 bits per heavy atom. The molecule has 0 spiro atoms. The summed E-state index contributed by atoms with van der Waals surface area (Å²) in [7, 11) is 0. The molecule has 1 N–H and O–H groups in total. The van der Waals surface area contributed by atoms with Crippen LogP contribution in [0.2, 0.25) is 0 Å². The SMILES string of the molecule is CCCCC(CC)NCCC#N. The Labute approximate surface area is 76.0 Å². The molecule has 0 amide bonds. The van der Waals surface area contributed by atoms with Crippen molar-refractivity contribution in [1.29, 1.82) is 5.26 Å². The predicted octanol–water partition coefficient (Wildman–Crippen LogP) is 2.46. The molecular weight excluding hydrogens is 148 g/mol. The van der Waals surface area contributed by atoms with E-state index in [1.807, 2.05) is 0 Å². The fraction of sp³-hybridized carbons (Fsp3) is 0.900. The fourth-order valence-electron chi connectivity index (χ4n) is 1.23. The first-order chi connectivity index (χ1) is 5.85. The lowest BCUT2D eigenvalue weighted by molar-refractivity contribution is 0.458. The molecule has 0 aromatic rings. The highest BCUT2D eigenvalue weighted by molar-refractivity contribution is 4.73. The summed E-state index contributed by atoms with van der Waals surface area (Å²) in [6, 6.07) is 2.76. The van der Waals surface area contributed by atoms with Gasteiger partial charge in [-0.2, -0.15) is 5.26 Å². The summed E-state index contributed by atoms with van der Waals surface area (Å²) < 4.78 is 0. The van der Waals surface area contributed by atoms with Crippen LogP contribution in [0.15, 0.2) is 0 Å². The standard InChI is InChI=1S/C10H20N2/c1-3-5-7-10(4-2)12-9-6-8-11/h10,12H,3-7,9H2,1-2H3. The van der Waals surface area contributed by atoms with Gasteiger partial charge in [-0.05, 0) is 12.8 Å². The van der Waals surface area contributed by atoms with Crippen LogP contribution < -0.4 is 5.32 Å². The first-order valence-electron chi connectivity index (χ1n) is 4.95. The molecule has 2 nitrogen and oxygen atoms in total. The summed E-state index contributed by atoms with van der Waals surface area (Å²) in [5, 5.41) is 11.7. The fourth-order valence-corrected chi connectivity index (χ4v) is 1.23. The highest BCUT2D eigenvalue weighted by atomic mass is 14.9. The van der Waals surface area contributed by atoms with E-state index in [0.717, 1.165) is 6.54 Å². The molecule has 0 rings (SSSR count). The minimum atomic E-state index is 0.623. The molecule has 0 aliphatic carbocycles. The van der Waals surface area contributed by atoms with Gasteiger partial charge in [0.15, 0.2) is 0 Å². The van der Waals surface area contributed by atoms with Gasteiger partial charge < -0.3 is 5.32 Å². The van der Waals surface area contributed by atoms with Crippen molar-refractivity contribution in [3.05, 3.63) is 0 Å². The number of nitrogens with zero attached hydrogens (tertiary/aromatic N) is 1. The van der Waals surface area contributed by atoms with E-state index in [0.29, 0.717) is 12.5 Å². The summed E-state index contributed by atoms with van der Waals surface area (Å²) in [5.41, 5.74) is 0.